The molecule has 3 rings (SSSR count). The molecule has 1 aromatic heterocycles. The number of hydrogen-bond acceptors (Lipinski definition) is 4. The van der Waals surface area contributed by atoms with E-state index in [9.17, 15) is 4.79 Å². The number of nitrogens with zero attached hydrogens (tertiary/aromatic N) is 1. The molecule has 1 saturated heterocycles. The van der Waals surface area contributed by atoms with E-state index >= 15 is 0 Å². The Bertz CT molecular complexity index is 648. The zero-order chi connectivity index (χ0) is 16.1. The Morgan fingerprint density at radius 2 is 1.87 bits per heavy atom. The predicted molar refractivity (Wildman–Crippen MR) is 88.3 cm³/mol. The number of ether oxygens (including phenoxy) is 1. The minimum Gasteiger partial charge on any atom is -0.459 e. The number of benzene rings is 1. The fraction of sp³-hybridized carbons (Fsp3) is 0.353. The van der Waals surface area contributed by atoms with Gasteiger partial charge in [0.2, 0.25) is 5.91 Å². The molecule has 1 aromatic carbocycles. The summed E-state index contributed by atoms with van der Waals surface area (Å²) in [6.45, 7) is 3.76. The summed E-state index contributed by atoms with van der Waals surface area (Å²) in [5.41, 5.74) is 0.959. The molecule has 6 heteroatoms. The van der Waals surface area contributed by atoms with E-state index in [2.05, 4.69) is 10.2 Å². The monoisotopic (exact) mass is 334 g/mol. The van der Waals surface area contributed by atoms with Crippen LogP contribution in [0.25, 0.3) is 11.3 Å². The summed E-state index contributed by atoms with van der Waals surface area (Å²) >= 11 is 5.88. The van der Waals surface area contributed by atoms with Crippen molar-refractivity contribution in [2.75, 3.05) is 32.8 Å². The standard InChI is InChI=1S/C17H19ClN2O3/c18-14-3-1-13(2-4-14)16-6-5-15(23-16)11-19-17(21)12-20-7-9-22-10-8-20/h1-6H,7-12H2,(H,19,21). The van der Waals surface area contributed by atoms with Gasteiger partial charge in [-0.05, 0) is 36.4 Å². The van der Waals surface area contributed by atoms with Crippen molar-refractivity contribution in [3.8, 4) is 11.3 Å². The predicted octanol–water partition coefficient (Wildman–Crippen LogP) is 2.55. The molecule has 1 amide bonds. The summed E-state index contributed by atoms with van der Waals surface area (Å²) in [5, 5.41) is 3.57. The van der Waals surface area contributed by atoms with E-state index in [4.69, 9.17) is 20.8 Å². The molecule has 1 aliphatic heterocycles. The molecule has 0 spiro atoms. The third-order valence-electron chi connectivity index (χ3n) is 3.72. The number of carbonyl (C=O) groups is 1. The van der Waals surface area contributed by atoms with Gasteiger partial charge in [0, 0.05) is 23.7 Å². The van der Waals surface area contributed by atoms with Gasteiger partial charge in [-0.15, -0.1) is 0 Å². The number of nitrogens with one attached hydrogen (secondary N) is 1. The Morgan fingerprint density at radius 3 is 2.61 bits per heavy atom. The highest BCUT2D eigenvalue weighted by Crippen LogP contribution is 2.23. The molecule has 0 saturated carbocycles. The summed E-state index contributed by atoms with van der Waals surface area (Å²) in [5.74, 6) is 1.49. The van der Waals surface area contributed by atoms with Gasteiger partial charge in [-0.3, -0.25) is 9.69 Å². The molecule has 1 fully saturated rings. The Balaban J connectivity index is 1.50. The van der Waals surface area contributed by atoms with Gasteiger partial charge in [0.25, 0.3) is 0 Å². The number of morpholine rings is 1. The van der Waals surface area contributed by atoms with Gasteiger partial charge in [-0.2, -0.15) is 0 Å². The van der Waals surface area contributed by atoms with Crippen LogP contribution in [-0.2, 0) is 16.1 Å². The molecule has 0 aliphatic carbocycles. The van der Waals surface area contributed by atoms with Crippen molar-refractivity contribution in [1.29, 1.82) is 0 Å². The topological polar surface area (TPSA) is 54.7 Å². The van der Waals surface area contributed by atoms with Crippen molar-refractivity contribution in [3.05, 3.63) is 47.2 Å². The molecule has 122 valence electrons. The summed E-state index contributed by atoms with van der Waals surface area (Å²) in [6, 6.07) is 11.2. The van der Waals surface area contributed by atoms with Crippen LogP contribution < -0.4 is 5.32 Å². The minimum atomic E-state index is -0.00339. The lowest BCUT2D eigenvalue weighted by atomic mass is 10.2. The SMILES string of the molecule is O=C(CN1CCOCC1)NCc1ccc(-c2ccc(Cl)cc2)o1. The molecule has 1 N–H and O–H groups in total. The van der Waals surface area contributed by atoms with E-state index in [-0.39, 0.29) is 5.91 Å². The van der Waals surface area contributed by atoms with Gasteiger partial charge in [-0.25, -0.2) is 0 Å². The third-order valence-corrected chi connectivity index (χ3v) is 3.97. The molecular weight excluding hydrogens is 316 g/mol. The van der Waals surface area contributed by atoms with E-state index < -0.39 is 0 Å². The van der Waals surface area contributed by atoms with Gasteiger partial charge in [-0.1, -0.05) is 11.6 Å². The smallest absolute Gasteiger partial charge is 0.234 e. The van der Waals surface area contributed by atoms with Crippen molar-refractivity contribution in [2.24, 2.45) is 0 Å². The fourth-order valence-corrected chi connectivity index (χ4v) is 2.57. The number of furan rings is 1. The second kappa shape index (κ2) is 7.64. The van der Waals surface area contributed by atoms with Crippen molar-refractivity contribution < 1.29 is 13.9 Å². The van der Waals surface area contributed by atoms with Crippen LogP contribution in [0.2, 0.25) is 5.02 Å². The fourth-order valence-electron chi connectivity index (χ4n) is 2.45. The number of amides is 1. The highest BCUT2D eigenvalue weighted by Gasteiger charge is 2.14. The maximum Gasteiger partial charge on any atom is 0.234 e. The third kappa shape index (κ3) is 4.58. The Kier molecular flexibility index (Phi) is 5.33. The second-order valence-corrected chi connectivity index (χ2v) is 5.87. The maximum atomic E-state index is 11.9. The van der Waals surface area contributed by atoms with Crippen molar-refractivity contribution in [3.63, 3.8) is 0 Å². The summed E-state index contributed by atoms with van der Waals surface area (Å²) in [6.07, 6.45) is 0. The summed E-state index contributed by atoms with van der Waals surface area (Å²) < 4.78 is 11.0. The lowest BCUT2D eigenvalue weighted by molar-refractivity contribution is -0.123. The highest BCUT2D eigenvalue weighted by atomic mass is 35.5. The number of halogens is 1. The molecular formula is C17H19ClN2O3. The van der Waals surface area contributed by atoms with Crippen LogP contribution in [0.5, 0.6) is 0 Å². The molecule has 23 heavy (non-hydrogen) atoms. The Morgan fingerprint density at radius 1 is 1.13 bits per heavy atom. The first kappa shape index (κ1) is 16.1. The maximum absolute atomic E-state index is 11.9. The van der Waals surface area contributed by atoms with Crippen molar-refractivity contribution in [1.82, 2.24) is 10.2 Å². The summed E-state index contributed by atoms with van der Waals surface area (Å²) in [7, 11) is 0. The van der Waals surface area contributed by atoms with Gasteiger partial charge in [0.1, 0.15) is 11.5 Å². The van der Waals surface area contributed by atoms with Gasteiger partial charge >= 0.3 is 0 Å². The lowest BCUT2D eigenvalue weighted by Crippen LogP contribution is -2.42. The normalized spacial score (nSPS) is 15.5. The first-order valence-corrected chi connectivity index (χ1v) is 8.00. The van der Waals surface area contributed by atoms with E-state index in [1.54, 1.807) is 0 Å². The molecule has 1 aliphatic rings. The number of hydrogen-bond donors (Lipinski definition) is 1. The van der Waals surface area contributed by atoms with Crippen LogP contribution in [0.15, 0.2) is 40.8 Å². The quantitative estimate of drug-likeness (QED) is 0.913. The van der Waals surface area contributed by atoms with Gasteiger partial charge < -0.3 is 14.5 Å². The largest absolute Gasteiger partial charge is 0.459 e. The minimum absolute atomic E-state index is 0.00339. The average molecular weight is 335 g/mol. The molecule has 5 nitrogen and oxygen atoms in total. The first-order valence-electron chi connectivity index (χ1n) is 7.62. The van der Waals surface area contributed by atoms with E-state index in [0.29, 0.717) is 31.3 Å². The van der Waals surface area contributed by atoms with Crippen LogP contribution in [0.4, 0.5) is 0 Å². The van der Waals surface area contributed by atoms with E-state index in [1.165, 1.54) is 0 Å². The molecule has 0 bridgehead atoms. The summed E-state index contributed by atoms with van der Waals surface area (Å²) in [4.78, 5) is 14.0. The van der Waals surface area contributed by atoms with Gasteiger partial charge in [0.15, 0.2) is 0 Å². The Labute approximate surface area is 140 Å². The number of carbonyl (C=O) groups excluding carboxylic acids is 1. The van der Waals surface area contributed by atoms with E-state index in [1.807, 2.05) is 36.4 Å². The van der Waals surface area contributed by atoms with Crippen LogP contribution >= 0.6 is 11.6 Å². The zero-order valence-corrected chi connectivity index (χ0v) is 13.5. The molecule has 2 heterocycles. The van der Waals surface area contributed by atoms with E-state index in [0.717, 1.165) is 30.2 Å². The highest BCUT2D eigenvalue weighted by molar-refractivity contribution is 6.30. The molecule has 0 radical (unpaired) electrons. The van der Waals surface area contributed by atoms with Gasteiger partial charge in [0.05, 0.1) is 26.3 Å². The number of rotatable bonds is 5. The zero-order valence-electron chi connectivity index (χ0n) is 12.8. The molecule has 2 aromatic rings. The first-order chi connectivity index (χ1) is 11.2. The molecule has 0 atom stereocenters. The lowest BCUT2D eigenvalue weighted by Gasteiger charge is -2.25. The second-order valence-electron chi connectivity index (χ2n) is 5.44. The van der Waals surface area contributed by atoms with Crippen LogP contribution in [0.3, 0.4) is 0 Å². The van der Waals surface area contributed by atoms with Crippen LogP contribution in [0.1, 0.15) is 5.76 Å². The van der Waals surface area contributed by atoms with Crippen LogP contribution in [-0.4, -0.2) is 43.7 Å². The van der Waals surface area contributed by atoms with Crippen LogP contribution in [0, 0.1) is 0 Å². The Hall–Kier alpha value is -1.82. The molecule has 0 unspecified atom stereocenters. The average Bonchev–Trinajstić information content (AvgIpc) is 3.04. The van der Waals surface area contributed by atoms with Crippen molar-refractivity contribution >= 4 is 17.5 Å². The van der Waals surface area contributed by atoms with Crippen molar-refractivity contribution in [2.45, 2.75) is 6.54 Å².